The molecule has 24 heavy (non-hydrogen) atoms. The zero-order valence-electron chi connectivity index (χ0n) is 15.4. The Bertz CT molecular complexity index is 483. The monoisotopic (exact) mass is 332 g/mol. The number of benzene rings is 1. The maximum absolute atomic E-state index is 5.72. The summed E-state index contributed by atoms with van der Waals surface area (Å²) in [6, 6.07) is 10.6. The Hall–Kier alpha value is -1.59. The first-order valence-electron chi connectivity index (χ1n) is 9.02. The highest BCUT2D eigenvalue weighted by Gasteiger charge is 2.21. The summed E-state index contributed by atoms with van der Waals surface area (Å²) in [4.78, 5) is 9.11. The van der Waals surface area contributed by atoms with Gasteiger partial charge in [-0.1, -0.05) is 30.3 Å². The summed E-state index contributed by atoms with van der Waals surface area (Å²) in [5.74, 6) is 1.01. The van der Waals surface area contributed by atoms with Crippen molar-refractivity contribution >= 4 is 5.96 Å². The number of rotatable bonds is 7. The number of likely N-dealkylation sites (N-methyl/N-ethyl adjacent to an activating group) is 1. The van der Waals surface area contributed by atoms with E-state index in [0.29, 0.717) is 6.10 Å². The molecule has 1 fully saturated rings. The Morgan fingerprint density at radius 2 is 2.00 bits per heavy atom. The zero-order chi connectivity index (χ0) is 17.2. The molecule has 1 aromatic carbocycles. The summed E-state index contributed by atoms with van der Waals surface area (Å²) in [7, 11) is 4.02. The highest BCUT2D eigenvalue weighted by atomic mass is 16.5. The summed E-state index contributed by atoms with van der Waals surface area (Å²) in [6.45, 7) is 7.78. The molecule has 2 rings (SSSR count). The molecule has 0 unspecified atom stereocenters. The molecule has 0 radical (unpaired) electrons. The lowest BCUT2D eigenvalue weighted by atomic mass is 10.1. The molecule has 134 valence electrons. The summed E-state index contributed by atoms with van der Waals surface area (Å²) in [6.07, 6.45) is 2.59. The summed E-state index contributed by atoms with van der Waals surface area (Å²) in [5.41, 5.74) is 1.35. The van der Waals surface area contributed by atoms with Crippen molar-refractivity contribution in [2.24, 2.45) is 4.99 Å². The molecule has 1 saturated heterocycles. The second-order valence-corrected chi connectivity index (χ2v) is 6.34. The lowest BCUT2D eigenvalue weighted by Crippen LogP contribution is -2.48. The van der Waals surface area contributed by atoms with E-state index in [1.54, 1.807) is 0 Å². The molecule has 1 aliphatic heterocycles. The minimum Gasteiger partial charge on any atom is -0.378 e. The quantitative estimate of drug-likeness (QED) is 0.614. The van der Waals surface area contributed by atoms with Gasteiger partial charge in [0, 0.05) is 46.4 Å². The number of guanidine groups is 1. The molecule has 0 saturated carbocycles. The number of hydrogen-bond acceptors (Lipinski definition) is 3. The van der Waals surface area contributed by atoms with Crippen molar-refractivity contribution in [3.05, 3.63) is 35.9 Å². The van der Waals surface area contributed by atoms with Crippen LogP contribution in [0.5, 0.6) is 0 Å². The Labute approximate surface area is 146 Å². The van der Waals surface area contributed by atoms with Gasteiger partial charge in [-0.15, -0.1) is 0 Å². The van der Waals surface area contributed by atoms with Gasteiger partial charge in [-0.05, 0) is 32.4 Å². The lowest BCUT2D eigenvalue weighted by molar-refractivity contribution is 0.0263. The smallest absolute Gasteiger partial charge is 0.193 e. The Kier molecular flexibility index (Phi) is 8.05. The van der Waals surface area contributed by atoms with Crippen LogP contribution < -0.4 is 5.32 Å². The first-order chi connectivity index (χ1) is 11.7. The third-order valence-electron chi connectivity index (χ3n) is 4.43. The van der Waals surface area contributed by atoms with Gasteiger partial charge in [-0.3, -0.25) is 4.99 Å². The molecule has 1 heterocycles. The largest absolute Gasteiger partial charge is 0.378 e. The maximum Gasteiger partial charge on any atom is 0.193 e. The molecular formula is C19H32N4O. The second kappa shape index (κ2) is 10.3. The average molecular weight is 332 g/mol. The fourth-order valence-electron chi connectivity index (χ4n) is 3.13. The molecule has 1 aromatic rings. The van der Waals surface area contributed by atoms with Crippen molar-refractivity contribution in [2.75, 3.05) is 46.9 Å². The third kappa shape index (κ3) is 6.13. The maximum atomic E-state index is 5.72. The zero-order valence-corrected chi connectivity index (χ0v) is 15.4. The van der Waals surface area contributed by atoms with Gasteiger partial charge < -0.3 is 19.9 Å². The summed E-state index contributed by atoms with van der Waals surface area (Å²) >= 11 is 0. The van der Waals surface area contributed by atoms with E-state index in [4.69, 9.17) is 4.74 Å². The van der Waals surface area contributed by atoms with E-state index < -0.39 is 0 Å². The number of hydrogen-bond donors (Lipinski definition) is 1. The number of ether oxygens (including phenoxy) is 1. The van der Waals surface area contributed by atoms with E-state index >= 15 is 0 Å². The summed E-state index contributed by atoms with van der Waals surface area (Å²) < 4.78 is 5.72. The van der Waals surface area contributed by atoms with Gasteiger partial charge in [0.15, 0.2) is 5.96 Å². The van der Waals surface area contributed by atoms with Gasteiger partial charge in [0.05, 0.1) is 6.10 Å². The van der Waals surface area contributed by atoms with Gasteiger partial charge in [-0.25, -0.2) is 0 Å². The van der Waals surface area contributed by atoms with E-state index in [1.807, 2.05) is 7.05 Å². The van der Waals surface area contributed by atoms with Gasteiger partial charge >= 0.3 is 0 Å². The van der Waals surface area contributed by atoms with Crippen LogP contribution >= 0.6 is 0 Å². The highest BCUT2D eigenvalue weighted by Crippen LogP contribution is 2.13. The second-order valence-electron chi connectivity index (χ2n) is 6.34. The fourth-order valence-corrected chi connectivity index (χ4v) is 3.13. The molecule has 0 amide bonds. The Morgan fingerprint density at radius 3 is 2.62 bits per heavy atom. The Balaban J connectivity index is 1.68. The molecule has 1 aliphatic rings. The van der Waals surface area contributed by atoms with Crippen LogP contribution in [-0.4, -0.2) is 68.7 Å². The number of nitrogens with zero attached hydrogens (tertiary/aromatic N) is 3. The van der Waals surface area contributed by atoms with Gasteiger partial charge in [0.1, 0.15) is 0 Å². The molecule has 0 bridgehead atoms. The standard InChI is InChI=1S/C19H32N4O/c1-4-24-18-10-13-23(14-11-18)19(20-2)21-12-15-22(3)16-17-8-6-5-7-9-17/h5-9,18H,4,10-16H2,1-3H3,(H,20,21). The van der Waals surface area contributed by atoms with Crippen molar-refractivity contribution < 1.29 is 4.74 Å². The molecule has 5 nitrogen and oxygen atoms in total. The van der Waals surface area contributed by atoms with Crippen LogP contribution in [0.2, 0.25) is 0 Å². The van der Waals surface area contributed by atoms with Crippen molar-refractivity contribution in [3.63, 3.8) is 0 Å². The van der Waals surface area contributed by atoms with Crippen LogP contribution in [0.3, 0.4) is 0 Å². The molecule has 0 atom stereocenters. The molecule has 1 N–H and O–H groups in total. The van der Waals surface area contributed by atoms with Crippen molar-refractivity contribution in [2.45, 2.75) is 32.4 Å². The van der Waals surface area contributed by atoms with Crippen molar-refractivity contribution in [3.8, 4) is 0 Å². The molecule has 0 spiro atoms. The van der Waals surface area contributed by atoms with Crippen LogP contribution in [0.15, 0.2) is 35.3 Å². The predicted octanol–water partition coefficient (Wildman–Crippen LogP) is 2.19. The first kappa shape index (κ1) is 18.7. The number of piperidine rings is 1. The van der Waals surface area contributed by atoms with E-state index in [-0.39, 0.29) is 0 Å². The lowest BCUT2D eigenvalue weighted by Gasteiger charge is -2.34. The van der Waals surface area contributed by atoms with E-state index in [1.165, 1.54) is 5.56 Å². The minimum atomic E-state index is 0.418. The first-order valence-corrected chi connectivity index (χ1v) is 9.02. The van der Waals surface area contributed by atoms with Crippen LogP contribution in [0, 0.1) is 0 Å². The predicted molar refractivity (Wildman–Crippen MR) is 100 cm³/mol. The Morgan fingerprint density at radius 1 is 1.29 bits per heavy atom. The molecule has 5 heteroatoms. The number of likely N-dealkylation sites (tertiary alicyclic amines) is 1. The van der Waals surface area contributed by atoms with Crippen LogP contribution in [0.25, 0.3) is 0 Å². The molecule has 0 aliphatic carbocycles. The van der Waals surface area contributed by atoms with E-state index in [0.717, 1.165) is 58.1 Å². The fraction of sp³-hybridized carbons (Fsp3) is 0.632. The van der Waals surface area contributed by atoms with Crippen molar-refractivity contribution in [1.82, 2.24) is 15.1 Å². The van der Waals surface area contributed by atoms with Gasteiger partial charge in [0.2, 0.25) is 0 Å². The van der Waals surface area contributed by atoms with Gasteiger partial charge in [0.25, 0.3) is 0 Å². The number of aliphatic imine (C=N–C) groups is 1. The molecular weight excluding hydrogens is 300 g/mol. The third-order valence-corrected chi connectivity index (χ3v) is 4.43. The van der Waals surface area contributed by atoms with Gasteiger partial charge in [-0.2, -0.15) is 0 Å². The van der Waals surface area contributed by atoms with E-state index in [2.05, 4.69) is 64.4 Å². The SMILES string of the molecule is CCOC1CCN(C(=NC)NCCN(C)Cc2ccccc2)CC1. The average Bonchev–Trinajstić information content (AvgIpc) is 2.61. The van der Waals surface area contributed by atoms with Crippen LogP contribution in [0.1, 0.15) is 25.3 Å². The van der Waals surface area contributed by atoms with Crippen LogP contribution in [-0.2, 0) is 11.3 Å². The molecule has 0 aromatic heterocycles. The van der Waals surface area contributed by atoms with Crippen molar-refractivity contribution in [1.29, 1.82) is 0 Å². The van der Waals surface area contributed by atoms with Crippen LogP contribution in [0.4, 0.5) is 0 Å². The highest BCUT2D eigenvalue weighted by molar-refractivity contribution is 5.79. The topological polar surface area (TPSA) is 40.1 Å². The minimum absolute atomic E-state index is 0.418. The summed E-state index contributed by atoms with van der Waals surface area (Å²) in [5, 5.41) is 3.50. The number of nitrogens with one attached hydrogen (secondary N) is 1. The van der Waals surface area contributed by atoms with E-state index in [9.17, 15) is 0 Å². The normalized spacial score (nSPS) is 16.7.